The van der Waals surface area contributed by atoms with Crippen LogP contribution in [0.3, 0.4) is 0 Å². The summed E-state index contributed by atoms with van der Waals surface area (Å²) in [4.78, 5) is 2.39. The standard InChI is InChI=1S/C14H22N2O3S/c17-20(18)9-5-13(11-20)15-12-3-6-16(7-4-12)10-14-2-1-8-19-14/h1-2,8,12-13,15H,3-7,9-11H2/t13-/m0/s1. The van der Waals surface area contributed by atoms with Crippen LogP contribution < -0.4 is 5.32 Å². The molecule has 0 unspecified atom stereocenters. The van der Waals surface area contributed by atoms with Crippen LogP contribution in [0.2, 0.25) is 0 Å². The zero-order chi connectivity index (χ0) is 14.0. The zero-order valence-electron chi connectivity index (χ0n) is 11.6. The van der Waals surface area contributed by atoms with E-state index in [1.165, 1.54) is 0 Å². The number of sulfone groups is 1. The molecule has 112 valence electrons. The minimum absolute atomic E-state index is 0.168. The van der Waals surface area contributed by atoms with Crippen LogP contribution in [0.1, 0.15) is 25.0 Å². The van der Waals surface area contributed by atoms with Gasteiger partial charge in [-0.1, -0.05) is 0 Å². The summed E-state index contributed by atoms with van der Waals surface area (Å²) in [6.45, 7) is 2.95. The van der Waals surface area contributed by atoms with Crippen molar-refractivity contribution >= 4 is 9.84 Å². The highest BCUT2D eigenvalue weighted by Crippen LogP contribution is 2.17. The van der Waals surface area contributed by atoms with Gasteiger partial charge in [0, 0.05) is 25.2 Å². The Morgan fingerprint density at radius 1 is 1.25 bits per heavy atom. The average Bonchev–Trinajstić information content (AvgIpc) is 3.02. The first-order valence-electron chi connectivity index (χ1n) is 7.32. The molecule has 3 rings (SSSR count). The smallest absolute Gasteiger partial charge is 0.151 e. The molecule has 0 saturated carbocycles. The molecular weight excluding hydrogens is 276 g/mol. The number of nitrogens with one attached hydrogen (secondary N) is 1. The molecular formula is C14H22N2O3S. The van der Waals surface area contributed by atoms with E-state index in [1.54, 1.807) is 6.26 Å². The lowest BCUT2D eigenvalue weighted by Crippen LogP contribution is -2.46. The molecule has 2 aliphatic rings. The first kappa shape index (κ1) is 14.1. The van der Waals surface area contributed by atoms with Gasteiger partial charge >= 0.3 is 0 Å². The predicted octanol–water partition coefficient (Wildman–Crippen LogP) is 1.02. The maximum absolute atomic E-state index is 11.5. The third-order valence-electron chi connectivity index (χ3n) is 4.25. The Hall–Kier alpha value is -0.850. The van der Waals surface area contributed by atoms with Gasteiger partial charge < -0.3 is 9.73 Å². The highest BCUT2D eigenvalue weighted by Gasteiger charge is 2.30. The van der Waals surface area contributed by atoms with Gasteiger partial charge in [-0.2, -0.15) is 0 Å². The molecule has 2 fully saturated rings. The van der Waals surface area contributed by atoms with E-state index in [4.69, 9.17) is 4.42 Å². The Labute approximate surface area is 120 Å². The first-order valence-corrected chi connectivity index (χ1v) is 9.14. The molecule has 6 heteroatoms. The third kappa shape index (κ3) is 3.62. The molecule has 0 amide bonds. The van der Waals surface area contributed by atoms with Gasteiger partial charge in [-0.3, -0.25) is 4.90 Å². The van der Waals surface area contributed by atoms with Crippen molar-refractivity contribution in [1.29, 1.82) is 0 Å². The van der Waals surface area contributed by atoms with Crippen LogP contribution >= 0.6 is 0 Å². The van der Waals surface area contributed by atoms with Crippen molar-refractivity contribution in [1.82, 2.24) is 10.2 Å². The number of hydrogen-bond acceptors (Lipinski definition) is 5. The number of likely N-dealkylation sites (tertiary alicyclic amines) is 1. The Bertz CT molecular complexity index is 519. The Morgan fingerprint density at radius 3 is 2.65 bits per heavy atom. The highest BCUT2D eigenvalue weighted by atomic mass is 32.2. The number of nitrogens with zero attached hydrogens (tertiary/aromatic N) is 1. The molecule has 0 bridgehead atoms. The zero-order valence-corrected chi connectivity index (χ0v) is 12.4. The molecule has 2 aliphatic heterocycles. The second-order valence-electron chi connectivity index (χ2n) is 5.90. The lowest BCUT2D eigenvalue weighted by atomic mass is 10.0. The fraction of sp³-hybridized carbons (Fsp3) is 0.714. The van der Waals surface area contributed by atoms with E-state index in [2.05, 4.69) is 10.2 Å². The summed E-state index contributed by atoms with van der Waals surface area (Å²) in [5.41, 5.74) is 0. The van der Waals surface area contributed by atoms with Crippen LogP contribution in [0.25, 0.3) is 0 Å². The highest BCUT2D eigenvalue weighted by molar-refractivity contribution is 7.91. The van der Waals surface area contributed by atoms with Crippen molar-refractivity contribution in [3.8, 4) is 0 Å². The van der Waals surface area contributed by atoms with E-state index in [0.29, 0.717) is 17.5 Å². The maximum Gasteiger partial charge on any atom is 0.151 e. The molecule has 1 N–H and O–H groups in total. The summed E-state index contributed by atoms with van der Waals surface area (Å²) in [6.07, 6.45) is 4.65. The lowest BCUT2D eigenvalue weighted by molar-refractivity contribution is 0.174. The molecule has 0 radical (unpaired) electrons. The van der Waals surface area contributed by atoms with Gasteiger partial charge in [0.25, 0.3) is 0 Å². The molecule has 5 nitrogen and oxygen atoms in total. The normalized spacial score (nSPS) is 27.9. The summed E-state index contributed by atoms with van der Waals surface area (Å²) in [7, 11) is -2.78. The Balaban J connectivity index is 1.42. The van der Waals surface area contributed by atoms with Crippen molar-refractivity contribution in [3.63, 3.8) is 0 Å². The van der Waals surface area contributed by atoms with Gasteiger partial charge in [0.05, 0.1) is 24.3 Å². The Kier molecular flexibility index (Phi) is 4.14. The van der Waals surface area contributed by atoms with Gasteiger partial charge in [-0.05, 0) is 31.4 Å². The molecule has 1 atom stereocenters. The van der Waals surface area contributed by atoms with Gasteiger partial charge in [-0.25, -0.2) is 8.42 Å². The molecule has 1 aromatic rings. The van der Waals surface area contributed by atoms with Crippen molar-refractivity contribution in [2.45, 2.75) is 37.9 Å². The summed E-state index contributed by atoms with van der Waals surface area (Å²) in [6, 6.07) is 4.56. The van der Waals surface area contributed by atoms with Crippen LogP contribution in [0, 0.1) is 0 Å². The number of hydrogen-bond donors (Lipinski definition) is 1. The monoisotopic (exact) mass is 298 g/mol. The summed E-state index contributed by atoms with van der Waals surface area (Å²) >= 11 is 0. The molecule has 1 aromatic heterocycles. The summed E-state index contributed by atoms with van der Waals surface area (Å²) in [5.74, 6) is 1.68. The SMILES string of the molecule is O=S1(=O)CC[C@H](NC2CCN(Cc3ccco3)CC2)C1. The van der Waals surface area contributed by atoms with Crippen molar-refractivity contribution in [3.05, 3.63) is 24.2 Å². The Morgan fingerprint density at radius 2 is 2.05 bits per heavy atom. The van der Waals surface area contributed by atoms with Crippen LogP contribution in [-0.4, -0.2) is 50.0 Å². The summed E-state index contributed by atoms with van der Waals surface area (Å²) < 4.78 is 28.3. The molecule has 2 saturated heterocycles. The summed E-state index contributed by atoms with van der Waals surface area (Å²) in [5, 5.41) is 3.52. The molecule has 20 heavy (non-hydrogen) atoms. The molecule has 0 aromatic carbocycles. The number of furan rings is 1. The van der Waals surface area contributed by atoms with E-state index in [-0.39, 0.29) is 6.04 Å². The maximum atomic E-state index is 11.5. The largest absolute Gasteiger partial charge is 0.468 e. The topological polar surface area (TPSA) is 62.6 Å². The van der Waals surface area contributed by atoms with Gasteiger partial charge in [0.15, 0.2) is 9.84 Å². The van der Waals surface area contributed by atoms with E-state index in [0.717, 1.165) is 44.7 Å². The van der Waals surface area contributed by atoms with Crippen molar-refractivity contribution < 1.29 is 12.8 Å². The quantitative estimate of drug-likeness (QED) is 0.899. The van der Waals surface area contributed by atoms with E-state index in [1.807, 2.05) is 12.1 Å². The number of rotatable bonds is 4. The fourth-order valence-corrected chi connectivity index (χ4v) is 4.83. The average molecular weight is 298 g/mol. The van der Waals surface area contributed by atoms with Gasteiger partial charge in [0.1, 0.15) is 5.76 Å². The predicted molar refractivity (Wildman–Crippen MR) is 77.2 cm³/mol. The molecule has 0 spiro atoms. The van der Waals surface area contributed by atoms with Gasteiger partial charge in [-0.15, -0.1) is 0 Å². The van der Waals surface area contributed by atoms with E-state index >= 15 is 0 Å². The molecule has 0 aliphatic carbocycles. The van der Waals surface area contributed by atoms with Gasteiger partial charge in [0.2, 0.25) is 0 Å². The minimum atomic E-state index is -2.78. The fourth-order valence-electron chi connectivity index (χ4n) is 3.14. The van der Waals surface area contributed by atoms with Crippen molar-refractivity contribution in [2.75, 3.05) is 24.6 Å². The van der Waals surface area contributed by atoms with Crippen molar-refractivity contribution in [2.24, 2.45) is 0 Å². The lowest BCUT2D eigenvalue weighted by Gasteiger charge is -2.33. The third-order valence-corrected chi connectivity index (χ3v) is 6.02. The van der Waals surface area contributed by atoms with Crippen LogP contribution in [0.4, 0.5) is 0 Å². The van der Waals surface area contributed by atoms with Crippen LogP contribution in [0.5, 0.6) is 0 Å². The van der Waals surface area contributed by atoms with Crippen LogP contribution in [-0.2, 0) is 16.4 Å². The molecule has 3 heterocycles. The second-order valence-corrected chi connectivity index (χ2v) is 8.13. The van der Waals surface area contributed by atoms with E-state index < -0.39 is 9.84 Å². The van der Waals surface area contributed by atoms with Crippen LogP contribution in [0.15, 0.2) is 22.8 Å². The first-order chi connectivity index (χ1) is 9.61. The second kappa shape index (κ2) is 5.87. The van der Waals surface area contributed by atoms with E-state index in [9.17, 15) is 8.42 Å². The number of piperidine rings is 1. The minimum Gasteiger partial charge on any atom is -0.468 e.